The third-order valence-corrected chi connectivity index (χ3v) is 4.55. The minimum atomic E-state index is -2.86. The van der Waals surface area contributed by atoms with Crippen LogP contribution in [0.15, 0.2) is 71.4 Å². The van der Waals surface area contributed by atoms with Gasteiger partial charge in [-0.05, 0) is 45.6 Å². The summed E-state index contributed by atoms with van der Waals surface area (Å²) in [7, 11) is 0. The number of ether oxygens (including phenoxy) is 1. The summed E-state index contributed by atoms with van der Waals surface area (Å²) in [5, 5.41) is 6.89. The van der Waals surface area contributed by atoms with E-state index in [1.54, 1.807) is 23.5 Å². The molecule has 0 aliphatic carbocycles. The quantitative estimate of drug-likeness (QED) is 0.646. The first-order chi connectivity index (χ1) is 12.6. The molecule has 26 heavy (non-hydrogen) atoms. The lowest BCUT2D eigenvalue weighted by Crippen LogP contribution is -2.30. The summed E-state index contributed by atoms with van der Waals surface area (Å²) in [4.78, 5) is 12.4. The fraction of sp³-hybridized carbons (Fsp3) is 0.150. The maximum Gasteiger partial charge on any atom is 0.387 e. The Morgan fingerprint density at radius 3 is 2.31 bits per heavy atom. The Morgan fingerprint density at radius 2 is 1.69 bits per heavy atom. The van der Waals surface area contributed by atoms with Gasteiger partial charge in [0.2, 0.25) is 5.91 Å². The maximum absolute atomic E-state index is 12.4. The van der Waals surface area contributed by atoms with Crippen LogP contribution < -0.4 is 10.1 Å². The Balaban J connectivity index is 1.80. The van der Waals surface area contributed by atoms with E-state index < -0.39 is 6.61 Å². The fourth-order valence-corrected chi connectivity index (χ4v) is 3.31. The molecule has 134 valence electrons. The van der Waals surface area contributed by atoms with Crippen LogP contribution >= 0.6 is 11.3 Å². The first-order valence-electron chi connectivity index (χ1n) is 8.02. The Labute approximate surface area is 154 Å². The summed E-state index contributed by atoms with van der Waals surface area (Å²) < 4.78 is 29.0. The normalized spacial score (nSPS) is 12.0. The minimum absolute atomic E-state index is 0.0835. The second kappa shape index (κ2) is 8.58. The van der Waals surface area contributed by atoms with E-state index in [-0.39, 0.29) is 17.7 Å². The van der Waals surface area contributed by atoms with Gasteiger partial charge in [0.25, 0.3) is 0 Å². The Morgan fingerprint density at radius 1 is 1.00 bits per heavy atom. The molecule has 1 amide bonds. The average Bonchev–Trinajstić information content (AvgIpc) is 3.14. The molecule has 3 rings (SSSR count). The van der Waals surface area contributed by atoms with Gasteiger partial charge in [-0.25, -0.2) is 0 Å². The summed E-state index contributed by atoms with van der Waals surface area (Å²) in [6.07, 6.45) is 0.291. The topological polar surface area (TPSA) is 38.3 Å². The molecule has 0 aliphatic rings. The Kier molecular flexibility index (Phi) is 5.96. The van der Waals surface area contributed by atoms with Crippen molar-refractivity contribution in [1.82, 2.24) is 5.32 Å². The molecule has 0 saturated heterocycles. The Bertz CT molecular complexity index is 821. The van der Waals surface area contributed by atoms with Gasteiger partial charge in [-0.15, -0.1) is 0 Å². The van der Waals surface area contributed by atoms with Crippen molar-refractivity contribution in [3.8, 4) is 5.75 Å². The fourth-order valence-electron chi connectivity index (χ4n) is 2.64. The van der Waals surface area contributed by atoms with E-state index in [1.807, 2.05) is 47.2 Å². The van der Waals surface area contributed by atoms with Crippen LogP contribution in [-0.4, -0.2) is 12.5 Å². The predicted molar refractivity (Wildman–Crippen MR) is 97.5 cm³/mol. The molecule has 0 aliphatic heterocycles. The molecule has 1 N–H and O–H groups in total. The van der Waals surface area contributed by atoms with Gasteiger partial charge >= 0.3 is 6.61 Å². The maximum atomic E-state index is 12.4. The number of halogens is 2. The SMILES string of the molecule is O=C(Cc1ccsc1)N[C@@H](c1ccccc1)c1ccc(OC(F)F)cc1. The number of carbonyl (C=O) groups is 1. The third kappa shape index (κ3) is 4.89. The number of rotatable bonds is 7. The van der Waals surface area contributed by atoms with Crippen molar-refractivity contribution in [1.29, 1.82) is 0 Å². The predicted octanol–water partition coefficient (Wildman–Crippen LogP) is 4.80. The van der Waals surface area contributed by atoms with Crippen molar-refractivity contribution in [2.75, 3.05) is 0 Å². The van der Waals surface area contributed by atoms with Gasteiger partial charge in [-0.2, -0.15) is 20.1 Å². The zero-order valence-electron chi connectivity index (χ0n) is 13.8. The van der Waals surface area contributed by atoms with E-state index in [0.29, 0.717) is 6.42 Å². The van der Waals surface area contributed by atoms with Crippen LogP contribution in [0.4, 0.5) is 8.78 Å². The number of nitrogens with one attached hydrogen (secondary N) is 1. The zero-order valence-corrected chi connectivity index (χ0v) is 14.6. The van der Waals surface area contributed by atoms with E-state index in [1.165, 1.54) is 12.1 Å². The number of thiophene rings is 1. The van der Waals surface area contributed by atoms with E-state index in [2.05, 4.69) is 10.1 Å². The highest BCUT2D eigenvalue weighted by Crippen LogP contribution is 2.25. The largest absolute Gasteiger partial charge is 0.435 e. The molecule has 3 nitrogen and oxygen atoms in total. The smallest absolute Gasteiger partial charge is 0.387 e. The standard InChI is InChI=1S/C20H17F2NO2S/c21-20(22)25-17-8-6-16(7-9-17)19(15-4-2-1-3-5-15)23-18(24)12-14-10-11-26-13-14/h1-11,13,19-20H,12H2,(H,23,24)/t19-/m0/s1. The van der Waals surface area contributed by atoms with Gasteiger partial charge in [0.05, 0.1) is 12.5 Å². The van der Waals surface area contributed by atoms with Gasteiger partial charge in [0.1, 0.15) is 5.75 Å². The molecular weight excluding hydrogens is 356 g/mol. The van der Waals surface area contributed by atoms with E-state index >= 15 is 0 Å². The van der Waals surface area contributed by atoms with E-state index in [4.69, 9.17) is 0 Å². The van der Waals surface area contributed by atoms with Crippen LogP contribution in [-0.2, 0) is 11.2 Å². The van der Waals surface area contributed by atoms with Crippen molar-refractivity contribution in [3.05, 3.63) is 88.1 Å². The van der Waals surface area contributed by atoms with E-state index in [9.17, 15) is 13.6 Å². The molecule has 6 heteroatoms. The van der Waals surface area contributed by atoms with Crippen LogP contribution in [0.1, 0.15) is 22.7 Å². The Hall–Kier alpha value is -2.73. The molecule has 1 atom stereocenters. The second-order valence-corrected chi connectivity index (χ2v) is 6.45. The lowest BCUT2D eigenvalue weighted by atomic mass is 9.98. The molecule has 2 aromatic carbocycles. The van der Waals surface area contributed by atoms with Crippen LogP contribution in [0.3, 0.4) is 0 Å². The van der Waals surface area contributed by atoms with Crippen molar-refractivity contribution >= 4 is 17.2 Å². The van der Waals surface area contributed by atoms with Crippen LogP contribution in [0.2, 0.25) is 0 Å². The highest BCUT2D eigenvalue weighted by Gasteiger charge is 2.17. The highest BCUT2D eigenvalue weighted by atomic mass is 32.1. The van der Waals surface area contributed by atoms with Crippen LogP contribution in [0.25, 0.3) is 0 Å². The summed E-state index contributed by atoms with van der Waals surface area (Å²) >= 11 is 1.54. The van der Waals surface area contributed by atoms with Crippen molar-refractivity contribution in [3.63, 3.8) is 0 Å². The summed E-state index contributed by atoms with van der Waals surface area (Å²) in [5.74, 6) is -0.0229. The summed E-state index contributed by atoms with van der Waals surface area (Å²) in [6.45, 7) is -2.86. The van der Waals surface area contributed by atoms with Gasteiger partial charge in [-0.3, -0.25) is 4.79 Å². The minimum Gasteiger partial charge on any atom is -0.435 e. The van der Waals surface area contributed by atoms with Gasteiger partial charge in [0, 0.05) is 0 Å². The number of benzene rings is 2. The van der Waals surface area contributed by atoms with Gasteiger partial charge in [-0.1, -0.05) is 42.5 Å². The lowest BCUT2D eigenvalue weighted by Gasteiger charge is -2.20. The molecular formula is C20H17F2NO2S. The van der Waals surface area contributed by atoms with Crippen LogP contribution in [0, 0.1) is 0 Å². The summed E-state index contributed by atoms with van der Waals surface area (Å²) in [6, 6.07) is 17.4. The van der Waals surface area contributed by atoms with Crippen LogP contribution in [0.5, 0.6) is 5.75 Å². The molecule has 0 unspecified atom stereocenters. The molecule has 0 fully saturated rings. The molecule has 0 saturated carbocycles. The molecule has 3 aromatic rings. The number of carbonyl (C=O) groups excluding carboxylic acids is 1. The number of amides is 1. The summed E-state index contributed by atoms with van der Waals surface area (Å²) in [5.41, 5.74) is 2.66. The first-order valence-corrected chi connectivity index (χ1v) is 8.96. The monoisotopic (exact) mass is 373 g/mol. The first kappa shape index (κ1) is 18.1. The molecule has 0 radical (unpaired) electrons. The van der Waals surface area contributed by atoms with Crippen molar-refractivity contribution < 1.29 is 18.3 Å². The lowest BCUT2D eigenvalue weighted by molar-refractivity contribution is -0.120. The number of alkyl halides is 2. The molecule has 0 bridgehead atoms. The number of hydrogen-bond donors (Lipinski definition) is 1. The highest BCUT2D eigenvalue weighted by molar-refractivity contribution is 7.08. The zero-order chi connectivity index (χ0) is 18.4. The molecule has 0 spiro atoms. The number of hydrogen-bond acceptors (Lipinski definition) is 3. The average molecular weight is 373 g/mol. The molecule has 1 heterocycles. The van der Waals surface area contributed by atoms with Crippen molar-refractivity contribution in [2.24, 2.45) is 0 Å². The second-order valence-electron chi connectivity index (χ2n) is 5.67. The van der Waals surface area contributed by atoms with Gasteiger partial charge in [0.15, 0.2) is 0 Å². The third-order valence-electron chi connectivity index (χ3n) is 3.82. The van der Waals surface area contributed by atoms with Gasteiger partial charge < -0.3 is 10.1 Å². The molecule has 1 aromatic heterocycles. The van der Waals surface area contributed by atoms with Crippen molar-refractivity contribution in [2.45, 2.75) is 19.1 Å². The van der Waals surface area contributed by atoms with E-state index in [0.717, 1.165) is 16.7 Å².